The summed E-state index contributed by atoms with van der Waals surface area (Å²) in [7, 11) is 0. The third-order valence-corrected chi connectivity index (χ3v) is 10.6. The first-order valence-electron chi connectivity index (χ1n) is 24.0. The second kappa shape index (κ2) is 14.5. The molecule has 59 heavy (non-hydrogen) atoms. The zero-order valence-corrected chi connectivity index (χ0v) is 31.3. The second-order valence-electron chi connectivity index (χ2n) is 13.9. The smallest absolute Gasteiger partial charge is 0.137 e. The molecule has 0 unspecified atom stereocenters. The number of fused-ring (bicyclic) bond motifs is 6. The Morgan fingerprint density at radius 1 is 0.475 bits per heavy atom. The van der Waals surface area contributed by atoms with E-state index in [1.807, 2.05) is 119 Å². The van der Waals surface area contributed by atoms with Crippen LogP contribution < -0.4 is 19.4 Å². The van der Waals surface area contributed by atoms with Gasteiger partial charge in [0.2, 0.25) is 0 Å². The summed E-state index contributed by atoms with van der Waals surface area (Å²) in [5.74, 6) is 1.82. The number of nitrogens with zero attached hydrogens (tertiary/aromatic N) is 5. The van der Waals surface area contributed by atoms with E-state index in [0.29, 0.717) is 17.2 Å². The molecule has 9 aromatic rings. The molecule has 2 aliphatic rings. The van der Waals surface area contributed by atoms with Gasteiger partial charge in [-0.25, -0.2) is 4.98 Å². The van der Waals surface area contributed by atoms with Gasteiger partial charge in [-0.15, -0.1) is 0 Å². The molecule has 0 bridgehead atoms. The summed E-state index contributed by atoms with van der Waals surface area (Å²) in [5.41, 5.74) is 8.44. The molecule has 0 saturated heterocycles. The van der Waals surface area contributed by atoms with E-state index >= 15 is 0 Å². The van der Waals surface area contributed by atoms with Crippen molar-refractivity contribution in [2.75, 3.05) is 21.4 Å². The maximum atomic E-state index is 9.03. The first kappa shape index (κ1) is 25.3. The fraction of sp³-hybridized carbons (Fsp3) is 0.0189. The monoisotopic (exact) mass is 769 g/mol. The molecule has 0 aliphatic carbocycles. The van der Waals surface area contributed by atoms with Crippen LogP contribution in [0.25, 0.3) is 44.5 Å². The van der Waals surface area contributed by atoms with Gasteiger partial charge in [-0.3, -0.25) is 9.88 Å². The van der Waals surface area contributed by atoms with Crippen LogP contribution in [0.5, 0.6) is 11.5 Å². The van der Waals surface area contributed by atoms with Crippen molar-refractivity contribution >= 4 is 39.9 Å². The molecule has 7 aromatic carbocycles. The Morgan fingerprint density at radius 2 is 1.12 bits per heavy atom. The van der Waals surface area contributed by atoms with Crippen LogP contribution in [0, 0.1) is 0 Å². The average Bonchev–Trinajstić information content (AvgIpc) is 3.71. The van der Waals surface area contributed by atoms with Crippen molar-refractivity contribution in [1.29, 1.82) is 0 Å². The summed E-state index contributed by atoms with van der Waals surface area (Å²) in [4.78, 5) is 15.3. The number of hydrogen-bond acceptors (Lipinski definition) is 6. The molecule has 0 fully saturated rings. The Bertz CT molecular complexity index is 3430. The number of para-hydroxylation sites is 4. The van der Waals surface area contributed by atoms with Crippen LogP contribution in [0.2, 0.25) is 0 Å². The molecule has 0 atom stereocenters. The Hall–Kier alpha value is -7.96. The van der Waals surface area contributed by atoms with Crippen molar-refractivity contribution in [3.8, 4) is 56.0 Å². The summed E-state index contributed by atoms with van der Waals surface area (Å²) in [6, 6.07) is 37.0. The van der Waals surface area contributed by atoms with Crippen molar-refractivity contribution in [3.63, 3.8) is 0 Å². The highest BCUT2D eigenvalue weighted by Gasteiger charge is 2.32. The molecule has 6 nitrogen and oxygen atoms in total. The van der Waals surface area contributed by atoms with Crippen molar-refractivity contribution in [2.24, 2.45) is 0 Å². The van der Waals surface area contributed by atoms with Gasteiger partial charge in [0.15, 0.2) is 0 Å². The first-order valence-corrected chi connectivity index (χ1v) is 19.0. The molecule has 0 amide bonds. The summed E-state index contributed by atoms with van der Waals surface area (Å²) >= 11 is 0. The Morgan fingerprint density at radius 3 is 1.86 bits per heavy atom. The molecule has 2 aliphatic heterocycles. The largest absolute Gasteiger partial charge is 0.457 e. The van der Waals surface area contributed by atoms with Gasteiger partial charge >= 0.3 is 0 Å². The van der Waals surface area contributed by atoms with Crippen molar-refractivity contribution in [1.82, 2.24) is 9.97 Å². The summed E-state index contributed by atoms with van der Waals surface area (Å²) in [6.45, 7) is 0.106. The Kier molecular flexibility index (Phi) is 6.23. The lowest BCUT2D eigenvalue weighted by Crippen LogP contribution is -2.24. The molecular formula is C53H37N5O. The maximum absolute atomic E-state index is 9.03. The second-order valence-corrected chi connectivity index (χ2v) is 13.9. The summed E-state index contributed by atoms with van der Waals surface area (Å²) < 4.78 is 93.8. The quantitative estimate of drug-likeness (QED) is 0.161. The molecular weight excluding hydrogens is 723 g/mol. The van der Waals surface area contributed by atoms with Gasteiger partial charge in [0.25, 0.3) is 0 Å². The van der Waals surface area contributed by atoms with Crippen LogP contribution in [0.3, 0.4) is 0 Å². The third kappa shape index (κ3) is 6.06. The fourth-order valence-corrected chi connectivity index (χ4v) is 8.08. The molecule has 0 saturated carbocycles. The molecule has 2 aromatic heterocycles. The minimum Gasteiger partial charge on any atom is -0.457 e. The van der Waals surface area contributed by atoms with E-state index < -0.39 is 60.4 Å². The minimum absolute atomic E-state index is 0.0952. The number of benzene rings is 7. The lowest BCUT2D eigenvalue weighted by Gasteiger charge is -2.27. The van der Waals surface area contributed by atoms with Gasteiger partial charge in [0.05, 0.1) is 42.1 Å². The Balaban J connectivity index is 1.03. The Labute approximate surface area is 357 Å². The molecule has 280 valence electrons. The van der Waals surface area contributed by atoms with Gasteiger partial charge in [0.1, 0.15) is 24.0 Å². The molecule has 6 heteroatoms. The maximum Gasteiger partial charge on any atom is 0.137 e. The van der Waals surface area contributed by atoms with E-state index in [-0.39, 0.29) is 34.6 Å². The van der Waals surface area contributed by atoms with Crippen molar-refractivity contribution in [3.05, 3.63) is 212 Å². The van der Waals surface area contributed by atoms with Crippen LogP contribution in [-0.2, 0) is 0 Å². The number of aromatic nitrogens is 2. The number of anilines is 7. The first-order chi connectivity index (χ1) is 33.4. The SMILES string of the molecule is [2H]c1c([2H])c([2H])c(-c2cccc(-c3c([2H])c([2H])c([2H])c([2H])c3[2H])c2N2CN(c3cccc(Oc4ccc5c(c4)N(c4ccccn4)c4ccccc4-c4ccncc4-5)c3)c3ccccc32)c([2H])c1[2H]. The normalized spacial score (nSPS) is 14.9. The molecule has 11 rings (SSSR count). The molecule has 0 radical (unpaired) electrons. The van der Waals surface area contributed by atoms with Crippen molar-refractivity contribution < 1.29 is 18.4 Å². The van der Waals surface area contributed by atoms with E-state index in [2.05, 4.69) is 22.0 Å². The highest BCUT2D eigenvalue weighted by atomic mass is 16.5. The summed E-state index contributed by atoms with van der Waals surface area (Å²) in [5, 5.41) is 0. The summed E-state index contributed by atoms with van der Waals surface area (Å²) in [6.07, 6.45) is 5.45. The van der Waals surface area contributed by atoms with Gasteiger partial charge in [-0.1, -0.05) is 121 Å². The van der Waals surface area contributed by atoms with Gasteiger partial charge in [-0.2, -0.15) is 0 Å². The molecule has 0 N–H and O–H groups in total. The number of pyridine rings is 2. The number of hydrogen-bond donors (Lipinski definition) is 0. The fourth-order valence-electron chi connectivity index (χ4n) is 8.08. The zero-order chi connectivity index (χ0) is 47.8. The van der Waals surface area contributed by atoms with Crippen LogP contribution >= 0.6 is 0 Å². The van der Waals surface area contributed by atoms with Gasteiger partial charge < -0.3 is 14.5 Å². The van der Waals surface area contributed by atoms with E-state index in [4.69, 9.17) is 23.4 Å². The van der Waals surface area contributed by atoms with Crippen LogP contribution in [0.1, 0.15) is 13.7 Å². The van der Waals surface area contributed by atoms with Crippen LogP contribution in [0.15, 0.2) is 212 Å². The van der Waals surface area contributed by atoms with Gasteiger partial charge in [0, 0.05) is 64.2 Å². The third-order valence-electron chi connectivity index (χ3n) is 10.6. The standard InChI is InChI=1S/C53H37N5O/c1-3-15-37(16-4-1)42-22-14-23-43(38-17-5-2-6-18-38)53(42)57-36-56(49-25-9-10-26-50(49)57)39-19-13-20-40(33-39)59-41-28-29-46-47-35-54-32-30-44(47)45-21-7-8-24-48(45)58(51(46)34-41)52-27-11-12-31-55-52/h1-35H,36H2/i1D,2D,3D,4D,5D,6D,15D,16D,17D,18D. The number of ether oxygens (including phenoxy) is 1. The van der Waals surface area contributed by atoms with E-state index in [1.165, 1.54) is 0 Å². The predicted molar refractivity (Wildman–Crippen MR) is 241 cm³/mol. The minimum atomic E-state index is -0.554. The predicted octanol–water partition coefficient (Wildman–Crippen LogP) is 14.0. The van der Waals surface area contributed by atoms with E-state index in [1.54, 1.807) is 30.6 Å². The highest BCUT2D eigenvalue weighted by Crippen LogP contribution is 2.52. The van der Waals surface area contributed by atoms with Crippen molar-refractivity contribution in [2.45, 2.75) is 0 Å². The van der Waals surface area contributed by atoms with Gasteiger partial charge in [-0.05, 0) is 77.4 Å². The number of rotatable bonds is 7. The topological polar surface area (TPSA) is 44.7 Å². The van der Waals surface area contributed by atoms with E-state index in [0.717, 1.165) is 50.8 Å². The molecule has 4 heterocycles. The average molecular weight is 770 g/mol. The lowest BCUT2D eigenvalue weighted by molar-refractivity contribution is 0.483. The lowest BCUT2D eigenvalue weighted by atomic mass is 9.95. The van der Waals surface area contributed by atoms with Crippen LogP contribution in [-0.4, -0.2) is 16.6 Å². The van der Waals surface area contributed by atoms with Crippen LogP contribution in [0.4, 0.5) is 39.9 Å². The zero-order valence-electron chi connectivity index (χ0n) is 41.3. The molecule has 0 spiro atoms. The van der Waals surface area contributed by atoms with E-state index in [9.17, 15) is 0 Å². The highest BCUT2D eigenvalue weighted by molar-refractivity contribution is 6.02.